The molecule has 2 heterocycles. The van der Waals surface area contributed by atoms with Crippen LogP contribution in [0.4, 0.5) is 15.9 Å². The molecule has 7 heteroatoms. The third-order valence-electron chi connectivity index (χ3n) is 2.34. The fourth-order valence-corrected chi connectivity index (χ4v) is 1.58. The predicted octanol–water partition coefficient (Wildman–Crippen LogP) is 2.56. The molecule has 19 heavy (non-hydrogen) atoms. The van der Waals surface area contributed by atoms with Gasteiger partial charge in [-0.25, -0.2) is 14.4 Å². The summed E-state index contributed by atoms with van der Waals surface area (Å²) in [6.45, 7) is 0. The number of hydrogen-bond donors (Lipinski definition) is 2. The maximum atomic E-state index is 13.2. The van der Waals surface area contributed by atoms with Crippen molar-refractivity contribution in [2.24, 2.45) is 0 Å². The summed E-state index contributed by atoms with van der Waals surface area (Å²) in [5.41, 5.74) is 0.568. The second-order valence-corrected chi connectivity index (χ2v) is 3.96. The van der Waals surface area contributed by atoms with E-state index >= 15 is 0 Å². The van der Waals surface area contributed by atoms with E-state index in [0.717, 1.165) is 6.07 Å². The van der Waals surface area contributed by atoms with Gasteiger partial charge in [-0.05, 0) is 12.1 Å². The van der Waals surface area contributed by atoms with Crippen molar-refractivity contribution in [2.75, 3.05) is 17.7 Å². The Morgan fingerprint density at radius 1 is 1.42 bits per heavy atom. The van der Waals surface area contributed by atoms with Crippen molar-refractivity contribution in [3.05, 3.63) is 47.1 Å². The van der Waals surface area contributed by atoms with Gasteiger partial charge in [0.2, 0.25) is 0 Å². The van der Waals surface area contributed by atoms with Crippen molar-refractivity contribution in [3.63, 3.8) is 0 Å². The van der Waals surface area contributed by atoms with Crippen LogP contribution in [0.5, 0.6) is 0 Å². The Morgan fingerprint density at radius 3 is 2.89 bits per heavy atom. The molecule has 0 spiro atoms. The van der Waals surface area contributed by atoms with Crippen LogP contribution in [0.3, 0.4) is 0 Å². The van der Waals surface area contributed by atoms with E-state index in [1.54, 1.807) is 25.4 Å². The summed E-state index contributed by atoms with van der Waals surface area (Å²) < 4.78 is 13.2. The Hall–Kier alpha value is -2.21. The largest absolute Gasteiger partial charge is 0.372 e. The highest BCUT2D eigenvalue weighted by atomic mass is 35.5. The van der Waals surface area contributed by atoms with E-state index < -0.39 is 11.7 Å². The highest BCUT2D eigenvalue weighted by molar-refractivity contribution is 6.29. The zero-order valence-electron chi connectivity index (χ0n) is 9.95. The summed E-state index contributed by atoms with van der Waals surface area (Å²) in [4.78, 5) is 19.6. The summed E-state index contributed by atoms with van der Waals surface area (Å²) in [6.07, 6.45) is 2.84. The Bertz CT molecular complexity index is 620. The average Bonchev–Trinajstić information content (AvgIpc) is 2.43. The number of hydrogen-bond acceptors (Lipinski definition) is 4. The number of aromatic nitrogens is 2. The van der Waals surface area contributed by atoms with Crippen LogP contribution >= 0.6 is 11.6 Å². The van der Waals surface area contributed by atoms with Gasteiger partial charge in [0.1, 0.15) is 5.82 Å². The molecular weight excluding hydrogens is 271 g/mol. The highest BCUT2D eigenvalue weighted by Gasteiger charge is 2.12. The van der Waals surface area contributed by atoms with Crippen LogP contribution in [0, 0.1) is 5.82 Å². The van der Waals surface area contributed by atoms with E-state index in [2.05, 4.69) is 20.6 Å². The second kappa shape index (κ2) is 5.62. The van der Waals surface area contributed by atoms with Crippen molar-refractivity contribution in [1.29, 1.82) is 0 Å². The van der Waals surface area contributed by atoms with Gasteiger partial charge < -0.3 is 10.6 Å². The van der Waals surface area contributed by atoms with Crippen molar-refractivity contribution in [2.45, 2.75) is 0 Å². The number of carbonyl (C=O) groups excluding carboxylic acids is 1. The van der Waals surface area contributed by atoms with E-state index in [4.69, 9.17) is 11.6 Å². The molecule has 2 rings (SSSR count). The molecule has 98 valence electrons. The molecule has 0 radical (unpaired) electrons. The number of anilines is 2. The van der Waals surface area contributed by atoms with Crippen molar-refractivity contribution >= 4 is 29.0 Å². The average molecular weight is 281 g/mol. The molecule has 0 atom stereocenters. The molecule has 0 saturated heterocycles. The summed E-state index contributed by atoms with van der Waals surface area (Å²) in [7, 11) is 1.66. The summed E-state index contributed by atoms with van der Waals surface area (Å²) in [5, 5.41) is 5.08. The van der Waals surface area contributed by atoms with E-state index in [1.165, 1.54) is 6.20 Å². The molecule has 0 unspecified atom stereocenters. The van der Waals surface area contributed by atoms with Gasteiger partial charge in [0.25, 0.3) is 5.91 Å². The van der Waals surface area contributed by atoms with Gasteiger partial charge in [-0.1, -0.05) is 11.6 Å². The van der Waals surface area contributed by atoms with E-state index in [9.17, 15) is 9.18 Å². The summed E-state index contributed by atoms with van der Waals surface area (Å²) in [6, 6.07) is 4.34. The molecule has 0 bridgehead atoms. The molecule has 2 N–H and O–H groups in total. The van der Waals surface area contributed by atoms with Crippen molar-refractivity contribution in [3.8, 4) is 0 Å². The van der Waals surface area contributed by atoms with Crippen molar-refractivity contribution in [1.82, 2.24) is 9.97 Å². The molecule has 0 aliphatic heterocycles. The molecule has 2 aromatic heterocycles. The monoisotopic (exact) mass is 280 g/mol. The van der Waals surface area contributed by atoms with Gasteiger partial charge in [-0.2, -0.15) is 0 Å². The minimum atomic E-state index is -0.695. The number of amides is 1. The Labute approximate surface area is 113 Å². The van der Waals surface area contributed by atoms with Gasteiger partial charge in [0.15, 0.2) is 11.0 Å². The molecule has 2 aromatic rings. The molecule has 5 nitrogen and oxygen atoms in total. The molecule has 0 aliphatic carbocycles. The molecule has 0 aromatic carbocycles. The first-order valence-corrected chi connectivity index (χ1v) is 5.75. The maximum Gasteiger partial charge on any atom is 0.259 e. The number of nitrogens with one attached hydrogen (secondary N) is 2. The normalized spacial score (nSPS) is 10.1. The lowest BCUT2D eigenvalue weighted by molar-refractivity contribution is 0.102. The first-order chi connectivity index (χ1) is 9.11. The quantitative estimate of drug-likeness (QED) is 0.848. The molecule has 0 fully saturated rings. The summed E-state index contributed by atoms with van der Waals surface area (Å²) in [5.74, 6) is -0.678. The number of rotatable bonds is 3. The zero-order valence-corrected chi connectivity index (χ0v) is 10.7. The number of halogens is 2. The topological polar surface area (TPSA) is 66.9 Å². The first-order valence-electron chi connectivity index (χ1n) is 5.37. The maximum absolute atomic E-state index is 13.2. The molecule has 1 amide bonds. The van der Waals surface area contributed by atoms with Gasteiger partial charge in [0.05, 0.1) is 17.4 Å². The standard InChI is InChI=1S/C12H10ClFN4O/c1-15-11-8(3-2-4-16-11)12(19)18-7-5-9(14)10(13)17-6-7/h2-6H,1H3,(H,15,16)(H,18,19). The predicted molar refractivity (Wildman–Crippen MR) is 70.9 cm³/mol. The molecular formula is C12H10ClFN4O. The SMILES string of the molecule is CNc1ncccc1C(=O)Nc1cnc(Cl)c(F)c1. The van der Waals surface area contributed by atoms with E-state index in [-0.39, 0.29) is 10.8 Å². The fourth-order valence-electron chi connectivity index (χ4n) is 1.48. The van der Waals surface area contributed by atoms with E-state index in [0.29, 0.717) is 11.4 Å². The lowest BCUT2D eigenvalue weighted by Gasteiger charge is -2.08. The van der Waals surface area contributed by atoms with Gasteiger partial charge in [0, 0.05) is 19.3 Å². The van der Waals surface area contributed by atoms with Gasteiger partial charge >= 0.3 is 0 Å². The van der Waals surface area contributed by atoms with Crippen LogP contribution in [0.25, 0.3) is 0 Å². The van der Waals surface area contributed by atoms with Crippen LogP contribution in [-0.2, 0) is 0 Å². The lowest BCUT2D eigenvalue weighted by atomic mass is 10.2. The van der Waals surface area contributed by atoms with Crippen molar-refractivity contribution < 1.29 is 9.18 Å². The number of pyridine rings is 2. The number of carbonyl (C=O) groups is 1. The summed E-state index contributed by atoms with van der Waals surface area (Å²) >= 11 is 5.46. The highest BCUT2D eigenvalue weighted by Crippen LogP contribution is 2.17. The first kappa shape index (κ1) is 13.2. The van der Waals surface area contributed by atoms with Crippen LogP contribution in [0.1, 0.15) is 10.4 Å². The Balaban J connectivity index is 2.23. The third-order valence-corrected chi connectivity index (χ3v) is 2.62. The zero-order chi connectivity index (χ0) is 13.8. The third kappa shape index (κ3) is 2.97. The van der Waals surface area contributed by atoms with Crippen LogP contribution in [-0.4, -0.2) is 22.9 Å². The minimum absolute atomic E-state index is 0.220. The lowest BCUT2D eigenvalue weighted by Crippen LogP contribution is -2.15. The Morgan fingerprint density at radius 2 is 2.21 bits per heavy atom. The molecule has 0 aliphatic rings. The fraction of sp³-hybridized carbons (Fsp3) is 0.0833. The van der Waals surface area contributed by atoms with Crippen LogP contribution < -0.4 is 10.6 Å². The van der Waals surface area contributed by atoms with Gasteiger partial charge in [-0.3, -0.25) is 4.79 Å². The minimum Gasteiger partial charge on any atom is -0.372 e. The van der Waals surface area contributed by atoms with E-state index in [1.807, 2.05) is 0 Å². The second-order valence-electron chi connectivity index (χ2n) is 3.60. The smallest absolute Gasteiger partial charge is 0.259 e. The van der Waals surface area contributed by atoms with Crippen LogP contribution in [0.15, 0.2) is 30.6 Å². The Kier molecular flexibility index (Phi) is 3.91. The number of nitrogens with zero attached hydrogens (tertiary/aromatic N) is 2. The molecule has 0 saturated carbocycles. The van der Waals surface area contributed by atoms with Gasteiger partial charge in [-0.15, -0.1) is 0 Å². The van der Waals surface area contributed by atoms with Crippen LogP contribution in [0.2, 0.25) is 5.15 Å².